The molecule has 0 saturated carbocycles. The summed E-state index contributed by atoms with van der Waals surface area (Å²) in [5, 5.41) is 2.81. The van der Waals surface area contributed by atoms with Crippen LogP contribution in [-0.2, 0) is 32.3 Å². The molecule has 210 valence electrons. The van der Waals surface area contributed by atoms with E-state index in [2.05, 4.69) is 5.32 Å². The van der Waals surface area contributed by atoms with Crippen LogP contribution in [0, 0.1) is 0 Å². The first-order chi connectivity index (χ1) is 17.6. The Morgan fingerprint density at radius 1 is 1.03 bits per heavy atom. The Balaban J connectivity index is 2.59. The summed E-state index contributed by atoms with van der Waals surface area (Å²) < 4.78 is 65.9. The zero-order valence-corrected chi connectivity index (χ0v) is 23.9. The molecule has 38 heavy (non-hydrogen) atoms. The fraction of sp³-hybridized carbons (Fsp3) is 0.417. The highest BCUT2D eigenvalue weighted by atomic mass is 35.5. The van der Waals surface area contributed by atoms with Crippen molar-refractivity contribution in [3.05, 3.63) is 62.6 Å². The van der Waals surface area contributed by atoms with Gasteiger partial charge in [0.1, 0.15) is 12.6 Å². The third-order valence-electron chi connectivity index (χ3n) is 5.55. The summed E-state index contributed by atoms with van der Waals surface area (Å²) in [6, 6.07) is 5.76. The van der Waals surface area contributed by atoms with Crippen molar-refractivity contribution in [2.75, 3.05) is 23.7 Å². The topological polar surface area (TPSA) is 86.8 Å². The van der Waals surface area contributed by atoms with E-state index in [1.165, 1.54) is 12.1 Å². The van der Waals surface area contributed by atoms with Gasteiger partial charge in [-0.2, -0.15) is 13.2 Å². The van der Waals surface area contributed by atoms with Crippen LogP contribution in [0.2, 0.25) is 15.1 Å². The van der Waals surface area contributed by atoms with Crippen molar-refractivity contribution in [2.45, 2.75) is 45.5 Å². The predicted molar refractivity (Wildman–Crippen MR) is 143 cm³/mol. The molecule has 2 rings (SSSR count). The van der Waals surface area contributed by atoms with Gasteiger partial charge >= 0.3 is 6.18 Å². The van der Waals surface area contributed by atoms with Crippen molar-refractivity contribution in [1.82, 2.24) is 10.2 Å². The molecule has 0 aliphatic heterocycles. The third-order valence-corrected chi connectivity index (χ3v) is 7.70. The van der Waals surface area contributed by atoms with Gasteiger partial charge in [-0.15, -0.1) is 0 Å². The zero-order chi connectivity index (χ0) is 28.8. The van der Waals surface area contributed by atoms with Gasteiger partial charge in [-0.05, 0) is 43.2 Å². The number of hydrogen-bond donors (Lipinski definition) is 1. The first kappa shape index (κ1) is 32.0. The Morgan fingerprint density at radius 2 is 1.63 bits per heavy atom. The molecule has 14 heteroatoms. The molecule has 2 aromatic carbocycles. The molecule has 0 fully saturated rings. The van der Waals surface area contributed by atoms with Crippen molar-refractivity contribution >= 4 is 62.3 Å². The number of anilines is 1. The first-order valence-electron chi connectivity index (χ1n) is 11.5. The van der Waals surface area contributed by atoms with E-state index in [1.807, 2.05) is 6.92 Å². The van der Waals surface area contributed by atoms with Crippen molar-refractivity contribution in [3.8, 4) is 0 Å². The maximum absolute atomic E-state index is 13.7. The van der Waals surface area contributed by atoms with Gasteiger partial charge in [-0.25, -0.2) is 8.42 Å². The van der Waals surface area contributed by atoms with E-state index in [0.717, 1.165) is 17.2 Å². The highest BCUT2D eigenvalue weighted by molar-refractivity contribution is 7.92. The second kappa shape index (κ2) is 13.2. The van der Waals surface area contributed by atoms with Gasteiger partial charge in [0.15, 0.2) is 0 Å². The zero-order valence-electron chi connectivity index (χ0n) is 20.8. The molecule has 2 amide bonds. The van der Waals surface area contributed by atoms with Crippen LogP contribution in [0.3, 0.4) is 0 Å². The van der Waals surface area contributed by atoms with Crippen LogP contribution in [0.4, 0.5) is 18.9 Å². The van der Waals surface area contributed by atoms with Crippen LogP contribution in [0.15, 0.2) is 36.4 Å². The molecular formula is C24H27Cl3F3N3O4S. The average Bonchev–Trinajstić information content (AvgIpc) is 2.81. The lowest BCUT2D eigenvalue weighted by Crippen LogP contribution is -2.52. The predicted octanol–water partition coefficient (Wildman–Crippen LogP) is 5.77. The van der Waals surface area contributed by atoms with Crippen LogP contribution in [0.1, 0.15) is 37.8 Å². The maximum atomic E-state index is 13.7. The molecule has 2 aromatic rings. The standard InChI is InChI=1S/C24H27Cl3F3N3O4S/c1-4-11-31-23(35)20(5-2)32(13-16-17(25)7-6-8-18(16)26)22(34)14-33(38(3,36)37)21-12-15(24(28,29)30)9-10-19(21)27/h6-10,12,20H,4-5,11,13-14H2,1-3H3,(H,31,35). The minimum Gasteiger partial charge on any atom is -0.354 e. The largest absolute Gasteiger partial charge is 0.416 e. The van der Waals surface area contributed by atoms with E-state index >= 15 is 0 Å². The molecule has 0 bridgehead atoms. The van der Waals surface area contributed by atoms with Gasteiger partial charge in [0.2, 0.25) is 21.8 Å². The molecule has 0 aliphatic carbocycles. The van der Waals surface area contributed by atoms with E-state index in [-0.39, 0.29) is 28.0 Å². The number of nitrogens with one attached hydrogen (secondary N) is 1. The molecule has 1 N–H and O–H groups in total. The molecule has 0 heterocycles. The molecule has 0 aliphatic rings. The Hall–Kier alpha value is -2.21. The number of benzene rings is 2. The molecule has 1 unspecified atom stereocenters. The van der Waals surface area contributed by atoms with Crippen molar-refractivity contribution in [3.63, 3.8) is 0 Å². The third kappa shape index (κ3) is 8.14. The van der Waals surface area contributed by atoms with Crippen molar-refractivity contribution < 1.29 is 31.2 Å². The summed E-state index contributed by atoms with van der Waals surface area (Å²) in [5.74, 6) is -1.37. The summed E-state index contributed by atoms with van der Waals surface area (Å²) in [4.78, 5) is 27.7. The summed E-state index contributed by atoms with van der Waals surface area (Å²) in [6.07, 6.45) is -3.28. The van der Waals surface area contributed by atoms with Crippen LogP contribution in [0.5, 0.6) is 0 Å². The van der Waals surface area contributed by atoms with Crippen LogP contribution in [-0.4, -0.2) is 50.5 Å². The Morgan fingerprint density at radius 3 is 2.13 bits per heavy atom. The van der Waals surface area contributed by atoms with Crippen molar-refractivity contribution in [1.29, 1.82) is 0 Å². The van der Waals surface area contributed by atoms with Crippen LogP contribution in [0.25, 0.3) is 0 Å². The highest BCUT2D eigenvalue weighted by Crippen LogP contribution is 2.36. The molecule has 0 radical (unpaired) electrons. The SMILES string of the molecule is CCCNC(=O)C(CC)N(Cc1c(Cl)cccc1Cl)C(=O)CN(c1cc(C(F)(F)F)ccc1Cl)S(C)(=O)=O. The van der Waals surface area contributed by atoms with E-state index in [0.29, 0.717) is 35.0 Å². The quantitative estimate of drug-likeness (QED) is 0.348. The van der Waals surface area contributed by atoms with Gasteiger partial charge in [-0.1, -0.05) is 54.7 Å². The second-order valence-corrected chi connectivity index (χ2v) is 11.5. The van der Waals surface area contributed by atoms with Gasteiger partial charge < -0.3 is 10.2 Å². The van der Waals surface area contributed by atoms with E-state index in [4.69, 9.17) is 34.8 Å². The highest BCUT2D eigenvalue weighted by Gasteiger charge is 2.35. The number of amides is 2. The number of rotatable bonds is 11. The minimum absolute atomic E-state index is 0.145. The average molecular weight is 617 g/mol. The maximum Gasteiger partial charge on any atom is 0.416 e. The molecule has 0 saturated heterocycles. The fourth-order valence-corrected chi connectivity index (χ4v) is 5.25. The fourth-order valence-electron chi connectivity index (χ4n) is 3.61. The normalized spacial score (nSPS) is 12.7. The summed E-state index contributed by atoms with van der Waals surface area (Å²) in [7, 11) is -4.31. The lowest BCUT2D eigenvalue weighted by molar-refractivity contribution is -0.140. The van der Waals surface area contributed by atoms with Crippen LogP contribution >= 0.6 is 34.8 Å². The Kier molecular flexibility index (Phi) is 11.1. The number of carbonyl (C=O) groups excluding carboxylic acids is 2. The second-order valence-electron chi connectivity index (χ2n) is 8.37. The summed E-state index contributed by atoms with van der Waals surface area (Å²) >= 11 is 18.7. The lowest BCUT2D eigenvalue weighted by atomic mass is 10.1. The van der Waals surface area contributed by atoms with E-state index < -0.39 is 51.9 Å². The number of halogens is 6. The van der Waals surface area contributed by atoms with Gasteiger partial charge in [-0.3, -0.25) is 13.9 Å². The van der Waals surface area contributed by atoms with Gasteiger partial charge in [0, 0.05) is 28.7 Å². The lowest BCUT2D eigenvalue weighted by Gasteiger charge is -2.33. The number of alkyl halides is 3. The van der Waals surface area contributed by atoms with E-state index in [9.17, 15) is 31.2 Å². The minimum atomic E-state index is -4.79. The number of carbonyl (C=O) groups is 2. The number of sulfonamides is 1. The van der Waals surface area contributed by atoms with E-state index in [1.54, 1.807) is 13.0 Å². The molecule has 0 spiro atoms. The molecular weight excluding hydrogens is 590 g/mol. The van der Waals surface area contributed by atoms with Crippen molar-refractivity contribution in [2.24, 2.45) is 0 Å². The molecule has 1 atom stereocenters. The van der Waals surface area contributed by atoms with Gasteiger partial charge in [0.25, 0.3) is 0 Å². The number of nitrogens with zero attached hydrogens (tertiary/aromatic N) is 2. The monoisotopic (exact) mass is 615 g/mol. The molecule has 7 nitrogen and oxygen atoms in total. The van der Waals surface area contributed by atoms with Crippen LogP contribution < -0.4 is 9.62 Å². The molecule has 0 aromatic heterocycles. The Labute approximate surface area is 234 Å². The summed E-state index contributed by atoms with van der Waals surface area (Å²) in [6.45, 7) is 2.64. The Bertz CT molecular complexity index is 1260. The van der Waals surface area contributed by atoms with Gasteiger partial charge in [0.05, 0.1) is 22.5 Å². The number of hydrogen-bond acceptors (Lipinski definition) is 4. The summed E-state index contributed by atoms with van der Waals surface area (Å²) in [5.41, 5.74) is -1.37. The smallest absolute Gasteiger partial charge is 0.354 e. The first-order valence-corrected chi connectivity index (χ1v) is 14.4.